The summed E-state index contributed by atoms with van der Waals surface area (Å²) in [6.07, 6.45) is 1.81. The molecule has 0 aromatic rings. The zero-order chi connectivity index (χ0) is 13.5. The molecule has 1 aliphatic heterocycles. The summed E-state index contributed by atoms with van der Waals surface area (Å²) in [5, 5.41) is 16.1. The third kappa shape index (κ3) is 5.46. The summed E-state index contributed by atoms with van der Waals surface area (Å²) in [7, 11) is 2.10. The molecule has 1 amide bonds. The molecule has 0 aliphatic carbocycles. The van der Waals surface area contributed by atoms with Crippen LogP contribution in [0.15, 0.2) is 5.10 Å². The Kier molecular flexibility index (Phi) is 6.07. The second-order valence-corrected chi connectivity index (χ2v) is 5.01. The Morgan fingerprint density at radius 2 is 2.06 bits per heavy atom. The van der Waals surface area contributed by atoms with Gasteiger partial charge in [0, 0.05) is 32.4 Å². The number of hydrogen-bond acceptors (Lipinski definition) is 5. The molecule has 0 radical (unpaired) electrons. The fourth-order valence-electron chi connectivity index (χ4n) is 1.80. The fraction of sp³-hybridized carbons (Fsp3) is 0.833. The zero-order valence-electron chi connectivity index (χ0n) is 11.2. The number of aliphatic hydroxyl groups is 1. The topological polar surface area (TPSA) is 82.2 Å². The van der Waals surface area contributed by atoms with Crippen molar-refractivity contribution in [1.82, 2.24) is 9.91 Å². The van der Waals surface area contributed by atoms with Gasteiger partial charge in [0.15, 0.2) is 0 Å². The highest BCUT2D eigenvalue weighted by Gasteiger charge is 2.16. The zero-order valence-corrected chi connectivity index (χ0v) is 11.2. The van der Waals surface area contributed by atoms with Crippen LogP contribution in [0, 0.1) is 5.92 Å². The Balaban J connectivity index is 2.24. The molecule has 18 heavy (non-hydrogen) atoms. The van der Waals surface area contributed by atoms with E-state index in [2.05, 4.69) is 17.0 Å². The summed E-state index contributed by atoms with van der Waals surface area (Å²) in [4.78, 5) is 13.0. The molecule has 1 saturated heterocycles. The van der Waals surface area contributed by atoms with Gasteiger partial charge in [-0.25, -0.2) is 0 Å². The normalized spacial score (nSPS) is 21.2. The van der Waals surface area contributed by atoms with E-state index in [-0.39, 0.29) is 12.3 Å². The standard InChI is InChI=1S/C12H24N4O2/c1-10(11(17)9-12(13)18)3-4-14-16-7-5-15(2)6-8-16/h4,10-11,17H,3,5-9H2,1-2H3,(H2,13,18)/b14-4+/t10-,11+/m1/s1. The van der Waals surface area contributed by atoms with E-state index in [9.17, 15) is 9.90 Å². The molecule has 0 saturated carbocycles. The lowest BCUT2D eigenvalue weighted by atomic mass is 9.99. The Bertz CT molecular complexity index is 288. The lowest BCUT2D eigenvalue weighted by molar-refractivity contribution is -0.120. The van der Waals surface area contributed by atoms with Gasteiger partial charge in [0.05, 0.1) is 12.5 Å². The third-order valence-corrected chi connectivity index (χ3v) is 3.27. The number of nitrogens with two attached hydrogens (primary N) is 1. The van der Waals surface area contributed by atoms with Gasteiger partial charge < -0.3 is 15.7 Å². The van der Waals surface area contributed by atoms with Gasteiger partial charge in [-0.15, -0.1) is 0 Å². The van der Waals surface area contributed by atoms with Gasteiger partial charge in [0.1, 0.15) is 0 Å². The number of rotatable bonds is 6. The van der Waals surface area contributed by atoms with E-state index in [1.165, 1.54) is 0 Å². The molecule has 0 aromatic carbocycles. The maximum Gasteiger partial charge on any atom is 0.220 e. The van der Waals surface area contributed by atoms with Crippen LogP contribution in [0.3, 0.4) is 0 Å². The molecular weight excluding hydrogens is 232 g/mol. The van der Waals surface area contributed by atoms with Gasteiger partial charge in [0.2, 0.25) is 5.91 Å². The highest BCUT2D eigenvalue weighted by atomic mass is 16.3. The Hall–Kier alpha value is -1.14. The molecule has 1 heterocycles. The number of aliphatic hydroxyl groups excluding tert-OH is 1. The maximum absolute atomic E-state index is 10.7. The minimum Gasteiger partial charge on any atom is -0.392 e. The van der Waals surface area contributed by atoms with Crippen molar-refractivity contribution in [3.8, 4) is 0 Å². The van der Waals surface area contributed by atoms with E-state index < -0.39 is 12.0 Å². The number of likely N-dealkylation sites (N-methyl/N-ethyl adjacent to an activating group) is 1. The molecule has 1 rings (SSSR count). The van der Waals surface area contributed by atoms with Crippen LogP contribution in [0.5, 0.6) is 0 Å². The van der Waals surface area contributed by atoms with Gasteiger partial charge in [-0.1, -0.05) is 6.92 Å². The first-order valence-electron chi connectivity index (χ1n) is 6.41. The Morgan fingerprint density at radius 3 is 2.61 bits per heavy atom. The van der Waals surface area contributed by atoms with Crippen molar-refractivity contribution in [3.05, 3.63) is 0 Å². The van der Waals surface area contributed by atoms with Crippen molar-refractivity contribution < 1.29 is 9.90 Å². The van der Waals surface area contributed by atoms with E-state index in [0.29, 0.717) is 6.42 Å². The molecule has 0 bridgehead atoms. The summed E-state index contributed by atoms with van der Waals surface area (Å²) < 4.78 is 0. The lowest BCUT2D eigenvalue weighted by Crippen LogP contribution is -2.41. The molecule has 6 heteroatoms. The number of amides is 1. The fourth-order valence-corrected chi connectivity index (χ4v) is 1.80. The molecular formula is C12H24N4O2. The number of carbonyl (C=O) groups is 1. The predicted octanol–water partition coefficient (Wildman–Crippen LogP) is -0.518. The molecule has 3 N–H and O–H groups in total. The highest BCUT2D eigenvalue weighted by Crippen LogP contribution is 2.10. The van der Waals surface area contributed by atoms with Crippen molar-refractivity contribution in [2.24, 2.45) is 16.8 Å². The smallest absolute Gasteiger partial charge is 0.220 e. The van der Waals surface area contributed by atoms with Gasteiger partial charge in [-0.2, -0.15) is 5.10 Å². The van der Waals surface area contributed by atoms with Gasteiger partial charge in [-0.05, 0) is 19.4 Å². The van der Waals surface area contributed by atoms with E-state index in [0.717, 1.165) is 26.2 Å². The second kappa shape index (κ2) is 7.33. The van der Waals surface area contributed by atoms with Crippen molar-refractivity contribution in [2.75, 3.05) is 33.2 Å². The third-order valence-electron chi connectivity index (χ3n) is 3.27. The van der Waals surface area contributed by atoms with E-state index in [1.807, 2.05) is 18.1 Å². The molecule has 0 unspecified atom stereocenters. The second-order valence-electron chi connectivity index (χ2n) is 5.01. The van der Waals surface area contributed by atoms with Crippen LogP contribution >= 0.6 is 0 Å². The highest BCUT2D eigenvalue weighted by molar-refractivity contribution is 5.74. The van der Waals surface area contributed by atoms with Crippen molar-refractivity contribution in [3.63, 3.8) is 0 Å². The summed E-state index contributed by atoms with van der Waals surface area (Å²) in [5.41, 5.74) is 5.04. The first-order valence-corrected chi connectivity index (χ1v) is 6.41. The van der Waals surface area contributed by atoms with Gasteiger partial charge in [-0.3, -0.25) is 9.80 Å². The first-order chi connectivity index (χ1) is 8.49. The number of primary amides is 1. The number of hydrazone groups is 1. The molecule has 1 fully saturated rings. The maximum atomic E-state index is 10.7. The van der Waals surface area contributed by atoms with Crippen LogP contribution in [-0.4, -0.2) is 66.5 Å². The van der Waals surface area contributed by atoms with Crippen molar-refractivity contribution >= 4 is 12.1 Å². The van der Waals surface area contributed by atoms with Crippen molar-refractivity contribution in [2.45, 2.75) is 25.9 Å². The van der Waals surface area contributed by atoms with Gasteiger partial charge in [0.25, 0.3) is 0 Å². The van der Waals surface area contributed by atoms with E-state index in [1.54, 1.807) is 0 Å². The molecule has 2 atom stereocenters. The minimum absolute atomic E-state index is 0.00582. The van der Waals surface area contributed by atoms with Gasteiger partial charge >= 0.3 is 0 Å². The monoisotopic (exact) mass is 256 g/mol. The number of carbonyl (C=O) groups excluding carboxylic acids is 1. The van der Waals surface area contributed by atoms with Crippen LogP contribution in [0.1, 0.15) is 19.8 Å². The SMILES string of the molecule is C[C@H](C/C=N/N1CCN(C)CC1)[C@@H](O)CC(N)=O. The largest absolute Gasteiger partial charge is 0.392 e. The quantitative estimate of drug-likeness (QED) is 0.627. The lowest BCUT2D eigenvalue weighted by Gasteiger charge is -2.30. The molecule has 0 spiro atoms. The van der Waals surface area contributed by atoms with Crippen LogP contribution in [0.4, 0.5) is 0 Å². The molecule has 6 nitrogen and oxygen atoms in total. The molecule has 0 aromatic heterocycles. The van der Waals surface area contributed by atoms with Crippen LogP contribution in [-0.2, 0) is 4.79 Å². The van der Waals surface area contributed by atoms with E-state index >= 15 is 0 Å². The van der Waals surface area contributed by atoms with Crippen molar-refractivity contribution in [1.29, 1.82) is 0 Å². The summed E-state index contributed by atoms with van der Waals surface area (Å²) in [6.45, 7) is 5.81. The van der Waals surface area contributed by atoms with Crippen LogP contribution < -0.4 is 5.73 Å². The summed E-state index contributed by atoms with van der Waals surface area (Å²) >= 11 is 0. The molecule has 1 aliphatic rings. The molecule has 104 valence electrons. The predicted molar refractivity (Wildman–Crippen MR) is 71.2 cm³/mol. The summed E-state index contributed by atoms with van der Waals surface area (Å²) in [5.74, 6) is -0.473. The van der Waals surface area contributed by atoms with Crippen LogP contribution in [0.25, 0.3) is 0 Å². The average molecular weight is 256 g/mol. The number of piperazine rings is 1. The number of hydrogen-bond donors (Lipinski definition) is 2. The summed E-state index contributed by atoms with van der Waals surface area (Å²) in [6, 6.07) is 0. The Labute approximate surface area is 108 Å². The van der Waals surface area contributed by atoms with Crippen LogP contribution in [0.2, 0.25) is 0 Å². The minimum atomic E-state index is -0.679. The average Bonchev–Trinajstić information content (AvgIpc) is 2.30. The first kappa shape index (κ1) is 14.9. The number of nitrogens with zero attached hydrogens (tertiary/aromatic N) is 3. The van der Waals surface area contributed by atoms with E-state index in [4.69, 9.17) is 5.73 Å². The Morgan fingerprint density at radius 1 is 1.44 bits per heavy atom.